The molecule has 0 aliphatic carbocycles. The first kappa shape index (κ1) is 20.8. The Hall–Kier alpha value is -2.42. The second-order valence-corrected chi connectivity index (χ2v) is 8.25. The molecule has 1 aromatic carbocycles. The second-order valence-electron chi connectivity index (χ2n) is 7.33. The molecule has 2 aliphatic heterocycles. The molecule has 1 atom stereocenters. The van der Waals surface area contributed by atoms with Gasteiger partial charge in [-0.15, -0.1) is 0 Å². The molecule has 4 rings (SSSR count). The topological polar surface area (TPSA) is 83.2 Å². The molecule has 3 heterocycles. The Labute approximate surface area is 183 Å². The summed E-state index contributed by atoms with van der Waals surface area (Å²) < 4.78 is 11.4. The lowest BCUT2D eigenvalue weighted by atomic mass is 9.95. The molecule has 0 unspecified atom stereocenters. The Morgan fingerprint density at radius 2 is 1.97 bits per heavy atom. The van der Waals surface area contributed by atoms with Gasteiger partial charge in [-0.25, -0.2) is 0 Å². The molecule has 0 radical (unpaired) electrons. The maximum absolute atomic E-state index is 13.1. The average Bonchev–Trinajstić information content (AvgIpc) is 3.37. The van der Waals surface area contributed by atoms with Crippen molar-refractivity contribution < 1.29 is 23.8 Å². The summed E-state index contributed by atoms with van der Waals surface area (Å²) in [5, 5.41) is 10.6. The zero-order valence-electron chi connectivity index (χ0n) is 16.4. The number of aliphatic hydroxyl groups excluding tert-OH is 1. The van der Waals surface area contributed by atoms with Crippen molar-refractivity contribution in [1.29, 1.82) is 0 Å². The minimum atomic E-state index is -0.669. The zero-order chi connectivity index (χ0) is 21.1. The van der Waals surface area contributed by atoms with Crippen LogP contribution in [0.5, 0.6) is 0 Å². The number of benzene rings is 1. The van der Waals surface area contributed by atoms with Crippen molar-refractivity contribution in [2.24, 2.45) is 0 Å². The fourth-order valence-electron chi connectivity index (χ4n) is 3.97. The first-order valence-corrected chi connectivity index (χ1v) is 10.7. The zero-order valence-corrected chi connectivity index (χ0v) is 18.0. The molecule has 1 amide bonds. The summed E-state index contributed by atoms with van der Waals surface area (Å²) in [5.41, 5.74) is 0.808. The van der Waals surface area contributed by atoms with Gasteiger partial charge in [0.1, 0.15) is 0 Å². The third-order valence-corrected chi connectivity index (χ3v) is 5.93. The van der Waals surface area contributed by atoms with Crippen LogP contribution >= 0.6 is 15.9 Å². The van der Waals surface area contributed by atoms with Crippen molar-refractivity contribution in [2.45, 2.75) is 12.5 Å². The van der Waals surface area contributed by atoms with E-state index in [1.165, 1.54) is 12.3 Å². The van der Waals surface area contributed by atoms with Gasteiger partial charge >= 0.3 is 0 Å². The monoisotopic (exact) mass is 474 g/mol. The molecule has 7 nitrogen and oxygen atoms in total. The number of nitrogens with zero attached hydrogens (tertiary/aromatic N) is 2. The van der Waals surface area contributed by atoms with Crippen LogP contribution in [0.15, 0.2) is 62.9 Å². The fourth-order valence-corrected chi connectivity index (χ4v) is 4.39. The largest absolute Gasteiger partial charge is 0.503 e. The first-order valence-electron chi connectivity index (χ1n) is 9.94. The van der Waals surface area contributed by atoms with Crippen LogP contribution < -0.4 is 0 Å². The predicted molar refractivity (Wildman–Crippen MR) is 113 cm³/mol. The number of hydrogen-bond donors (Lipinski definition) is 1. The summed E-state index contributed by atoms with van der Waals surface area (Å²) in [6.07, 6.45) is 2.13. The number of morpholine rings is 1. The van der Waals surface area contributed by atoms with Gasteiger partial charge in [0.2, 0.25) is 5.78 Å². The molecular weight excluding hydrogens is 452 g/mol. The molecule has 1 saturated heterocycles. The van der Waals surface area contributed by atoms with Crippen molar-refractivity contribution in [2.75, 3.05) is 39.4 Å². The van der Waals surface area contributed by atoms with Gasteiger partial charge in [-0.1, -0.05) is 28.1 Å². The van der Waals surface area contributed by atoms with Crippen LogP contribution in [0, 0.1) is 0 Å². The second kappa shape index (κ2) is 9.16. The van der Waals surface area contributed by atoms with Gasteiger partial charge in [-0.2, -0.15) is 0 Å². The van der Waals surface area contributed by atoms with Gasteiger partial charge in [0, 0.05) is 30.7 Å². The molecule has 1 fully saturated rings. The molecule has 1 N–H and O–H groups in total. The molecular formula is C22H23BrN2O5. The van der Waals surface area contributed by atoms with Crippen LogP contribution in [-0.4, -0.2) is 66.0 Å². The highest BCUT2D eigenvalue weighted by Gasteiger charge is 2.44. The van der Waals surface area contributed by atoms with E-state index >= 15 is 0 Å². The van der Waals surface area contributed by atoms with Crippen LogP contribution in [0.4, 0.5) is 0 Å². The smallest absolute Gasteiger partial charge is 0.290 e. The number of aliphatic hydroxyl groups is 1. The summed E-state index contributed by atoms with van der Waals surface area (Å²) >= 11 is 3.46. The van der Waals surface area contributed by atoms with E-state index in [2.05, 4.69) is 20.8 Å². The Morgan fingerprint density at radius 1 is 1.17 bits per heavy atom. The molecule has 8 heteroatoms. The van der Waals surface area contributed by atoms with Crippen LogP contribution in [0.1, 0.15) is 28.6 Å². The quantitative estimate of drug-likeness (QED) is 0.619. The van der Waals surface area contributed by atoms with Crippen molar-refractivity contribution in [3.63, 3.8) is 0 Å². The Kier molecular flexibility index (Phi) is 6.36. The Balaban J connectivity index is 1.60. The van der Waals surface area contributed by atoms with Gasteiger partial charge in [-0.3, -0.25) is 14.5 Å². The first-order chi connectivity index (χ1) is 14.6. The predicted octanol–water partition coefficient (Wildman–Crippen LogP) is 3.34. The molecule has 0 saturated carbocycles. The molecule has 0 spiro atoms. The van der Waals surface area contributed by atoms with Gasteiger partial charge in [0.15, 0.2) is 11.5 Å². The van der Waals surface area contributed by atoms with E-state index in [4.69, 9.17) is 9.15 Å². The third kappa shape index (κ3) is 4.21. The third-order valence-electron chi connectivity index (χ3n) is 5.43. The number of hydrogen-bond acceptors (Lipinski definition) is 6. The fraction of sp³-hybridized carbons (Fsp3) is 0.364. The van der Waals surface area contributed by atoms with Crippen LogP contribution in [0.25, 0.3) is 0 Å². The van der Waals surface area contributed by atoms with Crippen LogP contribution in [-0.2, 0) is 9.53 Å². The van der Waals surface area contributed by atoms with Gasteiger partial charge < -0.3 is 19.2 Å². The van der Waals surface area contributed by atoms with Gasteiger partial charge in [0.05, 0.1) is 31.1 Å². The Morgan fingerprint density at radius 3 is 2.67 bits per heavy atom. The number of carbonyl (C=O) groups excluding carboxylic acids is 2. The van der Waals surface area contributed by atoms with Crippen molar-refractivity contribution >= 4 is 27.6 Å². The minimum absolute atomic E-state index is 0.0550. The summed E-state index contributed by atoms with van der Waals surface area (Å²) in [4.78, 5) is 29.9. The lowest BCUT2D eigenvalue weighted by molar-refractivity contribution is -0.129. The van der Waals surface area contributed by atoms with E-state index < -0.39 is 23.5 Å². The molecule has 2 aliphatic rings. The van der Waals surface area contributed by atoms with Crippen molar-refractivity contribution in [1.82, 2.24) is 9.80 Å². The SMILES string of the molecule is O=C(C1=C(O)C(=O)N(CCCN2CCOCC2)[C@@H]1c1cccc(Br)c1)c1ccco1. The van der Waals surface area contributed by atoms with E-state index in [1.54, 1.807) is 11.0 Å². The van der Waals surface area contributed by atoms with Crippen LogP contribution in [0.3, 0.4) is 0 Å². The van der Waals surface area contributed by atoms with E-state index in [9.17, 15) is 14.7 Å². The Bertz CT molecular complexity index is 950. The maximum Gasteiger partial charge on any atom is 0.290 e. The summed E-state index contributed by atoms with van der Waals surface area (Å²) in [6.45, 7) is 4.41. The molecule has 30 heavy (non-hydrogen) atoms. The molecule has 0 bridgehead atoms. The van der Waals surface area contributed by atoms with Crippen molar-refractivity contribution in [3.05, 3.63) is 69.8 Å². The number of ether oxygens (including phenoxy) is 1. The van der Waals surface area contributed by atoms with Gasteiger partial charge in [-0.05, 0) is 36.2 Å². The summed E-state index contributed by atoms with van der Waals surface area (Å²) in [5.74, 6) is -1.42. The molecule has 1 aromatic heterocycles. The number of furan rings is 1. The number of rotatable bonds is 7. The summed E-state index contributed by atoms with van der Waals surface area (Å²) in [6, 6.07) is 9.91. The van der Waals surface area contributed by atoms with E-state index in [0.717, 1.165) is 36.1 Å². The minimum Gasteiger partial charge on any atom is -0.503 e. The number of amides is 1. The highest BCUT2D eigenvalue weighted by molar-refractivity contribution is 9.10. The molecule has 158 valence electrons. The van der Waals surface area contributed by atoms with E-state index in [0.29, 0.717) is 19.8 Å². The van der Waals surface area contributed by atoms with E-state index in [1.807, 2.05) is 24.3 Å². The van der Waals surface area contributed by atoms with E-state index in [-0.39, 0.29) is 11.3 Å². The highest BCUT2D eigenvalue weighted by atomic mass is 79.9. The summed E-state index contributed by atoms with van der Waals surface area (Å²) in [7, 11) is 0. The number of Topliss-reactive ketones (excluding diaryl/α,β-unsaturated/α-hetero) is 1. The normalized spacial score (nSPS) is 20.2. The lowest BCUT2D eigenvalue weighted by Crippen LogP contribution is -2.39. The maximum atomic E-state index is 13.1. The number of ketones is 1. The lowest BCUT2D eigenvalue weighted by Gasteiger charge is -2.30. The number of carbonyl (C=O) groups is 2. The van der Waals surface area contributed by atoms with Gasteiger partial charge in [0.25, 0.3) is 5.91 Å². The van der Waals surface area contributed by atoms with Crippen LogP contribution in [0.2, 0.25) is 0 Å². The molecule has 2 aromatic rings. The number of halogens is 1. The average molecular weight is 475 g/mol. The van der Waals surface area contributed by atoms with Crippen molar-refractivity contribution in [3.8, 4) is 0 Å². The standard InChI is InChI=1S/C22H23BrN2O5/c23-16-5-1-4-15(14-16)19-18(20(26)17-6-2-11-30-17)21(27)22(28)25(19)8-3-7-24-9-12-29-13-10-24/h1-2,4-6,11,14,19,27H,3,7-10,12-13H2/t19-/m1/s1. The highest BCUT2D eigenvalue weighted by Crippen LogP contribution is 2.39.